The zero-order valence-corrected chi connectivity index (χ0v) is 29.9. The maximum Gasteiger partial charge on any atom is 0.252 e. The first-order valence-electron chi connectivity index (χ1n) is 16.6. The van der Waals surface area contributed by atoms with Crippen LogP contribution in [-0.2, 0) is 15.6 Å². The minimum Gasteiger partial charge on any atom is -0.252 e. The van der Waals surface area contributed by atoms with Crippen LogP contribution in [0.15, 0.2) is 162 Å². The number of rotatable bonds is 9. The Kier molecular flexibility index (Phi) is 8.58. The number of nitrogens with zero attached hydrogens (tertiary/aromatic N) is 5. The Labute approximate surface area is 305 Å². The van der Waals surface area contributed by atoms with E-state index in [-0.39, 0.29) is 10.0 Å². The van der Waals surface area contributed by atoms with Crippen LogP contribution in [0.25, 0.3) is 44.1 Å². The summed E-state index contributed by atoms with van der Waals surface area (Å²) in [4.78, 5) is 10.9. The summed E-state index contributed by atoms with van der Waals surface area (Å²) in [6, 6.07) is 48.0. The lowest BCUT2D eigenvalue weighted by molar-refractivity contribution is 0.461. The molecule has 8 aromatic rings. The number of thiophene rings is 1. The normalized spacial score (nSPS) is 12.1. The molecule has 0 aliphatic heterocycles. The van der Waals surface area contributed by atoms with Crippen molar-refractivity contribution >= 4 is 32.3 Å². The lowest BCUT2D eigenvalue weighted by Gasteiger charge is -2.36. The van der Waals surface area contributed by atoms with Crippen LogP contribution in [0.4, 0.5) is 4.39 Å². The van der Waals surface area contributed by atoms with Crippen LogP contribution in [0.5, 0.6) is 0 Å². The second-order valence-corrected chi connectivity index (χ2v) is 15.9. The van der Waals surface area contributed by atoms with E-state index in [1.165, 1.54) is 30.5 Å². The lowest BCUT2D eigenvalue weighted by atomic mass is 9.77. The number of aromatic nitrogens is 4. The van der Waals surface area contributed by atoms with E-state index in [1.807, 2.05) is 89.7 Å². The number of hydrogen-bond donors (Lipinski definition) is 0. The van der Waals surface area contributed by atoms with Gasteiger partial charge in [-0.05, 0) is 59.2 Å². The quantitative estimate of drug-likeness (QED) is 0.139. The first kappa shape index (κ1) is 33.3. The van der Waals surface area contributed by atoms with Gasteiger partial charge in [-0.15, -0.1) is 11.3 Å². The van der Waals surface area contributed by atoms with Crippen molar-refractivity contribution in [1.29, 1.82) is 0 Å². The molecule has 5 aromatic carbocycles. The summed E-state index contributed by atoms with van der Waals surface area (Å²) in [5.74, 6) is 0.0372. The van der Waals surface area contributed by atoms with Crippen LogP contribution in [0.1, 0.15) is 16.7 Å². The molecule has 0 N–H and O–H groups in total. The molecule has 10 heteroatoms. The number of hydrogen-bond acceptors (Lipinski definition) is 6. The van der Waals surface area contributed by atoms with E-state index in [1.54, 1.807) is 24.3 Å². The van der Waals surface area contributed by atoms with Crippen molar-refractivity contribution in [2.75, 3.05) is 14.1 Å². The molecule has 0 aliphatic carbocycles. The summed E-state index contributed by atoms with van der Waals surface area (Å²) in [5, 5.41) is 6.14. The molecule has 3 heterocycles. The monoisotopic (exact) mass is 721 g/mol. The van der Waals surface area contributed by atoms with Crippen molar-refractivity contribution in [3.63, 3.8) is 0 Å². The van der Waals surface area contributed by atoms with E-state index in [2.05, 4.69) is 36.4 Å². The molecule has 7 nitrogen and oxygen atoms in total. The van der Waals surface area contributed by atoms with Gasteiger partial charge < -0.3 is 0 Å². The minimum atomic E-state index is -3.65. The van der Waals surface area contributed by atoms with Crippen LogP contribution in [0.3, 0.4) is 0 Å². The van der Waals surface area contributed by atoms with Crippen molar-refractivity contribution in [3.05, 3.63) is 180 Å². The van der Waals surface area contributed by atoms with E-state index in [4.69, 9.17) is 15.1 Å². The second kappa shape index (κ2) is 13.4. The maximum atomic E-state index is 14.3. The Bertz CT molecular complexity index is 2530. The third-order valence-corrected chi connectivity index (χ3v) is 12.5. The molecule has 8 rings (SSSR count). The highest BCUT2D eigenvalue weighted by Gasteiger charge is 2.40. The Morgan fingerprint density at radius 3 is 1.79 bits per heavy atom. The smallest absolute Gasteiger partial charge is 0.252 e. The van der Waals surface area contributed by atoms with Gasteiger partial charge in [0.05, 0.1) is 21.7 Å². The highest BCUT2D eigenvalue weighted by molar-refractivity contribution is 7.91. The van der Waals surface area contributed by atoms with Gasteiger partial charge in [0.15, 0.2) is 5.82 Å². The van der Waals surface area contributed by atoms with Gasteiger partial charge in [0.1, 0.15) is 21.3 Å². The van der Waals surface area contributed by atoms with Crippen molar-refractivity contribution in [3.8, 4) is 33.2 Å². The fourth-order valence-corrected chi connectivity index (χ4v) is 9.09. The molecule has 0 aliphatic rings. The van der Waals surface area contributed by atoms with Gasteiger partial charge in [-0.2, -0.15) is 5.10 Å². The first-order valence-corrected chi connectivity index (χ1v) is 18.8. The van der Waals surface area contributed by atoms with Gasteiger partial charge in [0.25, 0.3) is 10.0 Å². The summed E-state index contributed by atoms with van der Waals surface area (Å²) >= 11 is 1.16. The molecule has 0 saturated carbocycles. The van der Waals surface area contributed by atoms with Crippen LogP contribution < -0.4 is 0 Å². The second-order valence-electron chi connectivity index (χ2n) is 12.5. The maximum absolute atomic E-state index is 14.3. The molecule has 0 unspecified atom stereocenters. The predicted octanol–water partition coefficient (Wildman–Crippen LogP) is 9.12. The minimum absolute atomic E-state index is 0.218. The largest absolute Gasteiger partial charge is 0.252 e. The Morgan fingerprint density at radius 1 is 0.654 bits per heavy atom. The molecule has 0 amide bonds. The fourth-order valence-electron chi connectivity index (χ4n) is 6.62. The molecular formula is C42H32FN5O2S2. The third-order valence-electron chi connectivity index (χ3n) is 9.14. The van der Waals surface area contributed by atoms with Crippen molar-refractivity contribution < 1.29 is 12.8 Å². The SMILES string of the molecule is CN(C)S(=O)(=O)c1ccc(-c2nc(-c3cn(C(c4ccccc4)(c4ccccc4)c4ccccc4)nc3-c3ccc(F)cc3)nc3ccccc23)s1. The van der Waals surface area contributed by atoms with E-state index in [0.717, 1.165) is 33.4 Å². The van der Waals surface area contributed by atoms with Crippen molar-refractivity contribution in [2.45, 2.75) is 9.75 Å². The molecule has 0 fully saturated rings. The molecular weight excluding hydrogens is 690 g/mol. The summed E-state index contributed by atoms with van der Waals surface area (Å²) in [7, 11) is -0.622. The predicted molar refractivity (Wildman–Crippen MR) is 205 cm³/mol. The van der Waals surface area contributed by atoms with Crippen molar-refractivity contribution in [2.24, 2.45) is 0 Å². The topological polar surface area (TPSA) is 81.0 Å². The average Bonchev–Trinajstić information content (AvgIpc) is 3.86. The number of benzene rings is 5. The molecule has 0 atom stereocenters. The van der Waals surface area contributed by atoms with E-state index in [9.17, 15) is 12.8 Å². The molecule has 3 aromatic heterocycles. The highest BCUT2D eigenvalue weighted by Crippen LogP contribution is 2.44. The summed E-state index contributed by atoms with van der Waals surface area (Å²) in [6.07, 6.45) is 1.97. The Hall–Kier alpha value is -5.81. The molecule has 256 valence electrons. The molecule has 0 bridgehead atoms. The van der Waals surface area contributed by atoms with Crippen molar-refractivity contribution in [1.82, 2.24) is 24.1 Å². The summed E-state index contributed by atoms with van der Waals surface area (Å²) < 4.78 is 43.9. The number of fused-ring (bicyclic) bond motifs is 1. The van der Waals surface area contributed by atoms with Gasteiger partial charge in [-0.1, -0.05) is 109 Å². The van der Waals surface area contributed by atoms with E-state index >= 15 is 0 Å². The summed E-state index contributed by atoms with van der Waals surface area (Å²) in [6.45, 7) is 0. The van der Waals surface area contributed by atoms with Gasteiger partial charge in [-0.25, -0.2) is 27.1 Å². The van der Waals surface area contributed by atoms with E-state index in [0.29, 0.717) is 38.7 Å². The fraction of sp³-hybridized carbons (Fsp3) is 0.0714. The zero-order chi connectivity index (χ0) is 35.9. The number of halogens is 1. The van der Waals surface area contributed by atoms with Gasteiger partial charge in [0.2, 0.25) is 0 Å². The molecule has 52 heavy (non-hydrogen) atoms. The molecule has 0 spiro atoms. The zero-order valence-electron chi connectivity index (χ0n) is 28.3. The number of para-hydroxylation sites is 1. The van der Waals surface area contributed by atoms with Crippen LogP contribution >= 0.6 is 11.3 Å². The lowest BCUT2D eigenvalue weighted by Crippen LogP contribution is -2.38. The standard InChI is InChI=1S/C42H32FN5O2S2/c1-47(2)52(49,50)38-27-26-37(51-38)40-34-20-12-13-21-36(34)44-41(45-40)35-28-48(46-39(35)29-22-24-33(43)25-23-29)42(30-14-6-3-7-15-30,31-16-8-4-9-17-31)32-18-10-5-11-19-32/h3-28H,1-2H3. The Balaban J connectivity index is 1.44. The molecule has 0 saturated heterocycles. The van der Waals surface area contributed by atoms with Crippen LogP contribution in [0.2, 0.25) is 0 Å². The van der Waals surface area contributed by atoms with Crippen LogP contribution in [-0.4, -0.2) is 46.6 Å². The van der Waals surface area contributed by atoms with Gasteiger partial charge >= 0.3 is 0 Å². The molecule has 0 radical (unpaired) electrons. The average molecular weight is 722 g/mol. The van der Waals surface area contributed by atoms with E-state index < -0.39 is 15.6 Å². The first-order chi connectivity index (χ1) is 25.3. The number of sulfonamides is 1. The Morgan fingerprint density at radius 2 is 1.21 bits per heavy atom. The van der Waals surface area contributed by atoms with Gasteiger partial charge in [0, 0.05) is 31.2 Å². The highest BCUT2D eigenvalue weighted by atomic mass is 32.2. The summed E-state index contributed by atoms with van der Waals surface area (Å²) in [5.41, 5.74) is 5.20. The van der Waals surface area contributed by atoms with Gasteiger partial charge in [-0.3, -0.25) is 4.68 Å². The third kappa shape index (κ3) is 5.71. The van der Waals surface area contributed by atoms with Crippen LogP contribution in [0, 0.1) is 5.82 Å².